The van der Waals surface area contributed by atoms with Gasteiger partial charge in [-0.3, -0.25) is 0 Å². The normalized spacial score (nSPS) is 10.5. The van der Waals surface area contributed by atoms with Crippen molar-refractivity contribution >= 4 is 28.4 Å². The molecule has 0 amide bonds. The van der Waals surface area contributed by atoms with Gasteiger partial charge in [0, 0.05) is 28.4 Å². The molecule has 0 bridgehead atoms. The Balaban J connectivity index is 1.37. The van der Waals surface area contributed by atoms with E-state index in [0.29, 0.717) is 0 Å². The Morgan fingerprint density at radius 2 is 0.719 bits per heavy atom. The minimum Gasteiger partial charge on any atom is -0.356 e. The summed E-state index contributed by atoms with van der Waals surface area (Å²) < 4.78 is 0. The van der Waals surface area contributed by atoms with Crippen molar-refractivity contribution in [2.24, 2.45) is 0 Å². The van der Waals surface area contributed by atoms with Gasteiger partial charge in [0.1, 0.15) is 0 Å². The molecule has 0 atom stereocenters. The molecule has 2 heteroatoms. The summed E-state index contributed by atoms with van der Waals surface area (Å²) >= 11 is 0. The van der Waals surface area contributed by atoms with Gasteiger partial charge in [0.15, 0.2) is 0 Å². The van der Waals surface area contributed by atoms with E-state index in [1.165, 1.54) is 11.1 Å². The van der Waals surface area contributed by atoms with Crippen LogP contribution in [0.15, 0.2) is 140 Å². The lowest BCUT2D eigenvalue weighted by Crippen LogP contribution is -2.09. The number of para-hydroxylation sites is 2. The van der Waals surface area contributed by atoms with Crippen LogP contribution >= 0.6 is 0 Å². The van der Waals surface area contributed by atoms with Gasteiger partial charge < -0.3 is 10.2 Å². The van der Waals surface area contributed by atoms with E-state index in [0.717, 1.165) is 28.4 Å². The number of nitrogens with zero attached hydrogens (tertiary/aromatic N) is 1. The van der Waals surface area contributed by atoms with Gasteiger partial charge in [-0.25, -0.2) is 0 Å². The summed E-state index contributed by atoms with van der Waals surface area (Å²) in [5.74, 6) is 0. The van der Waals surface area contributed by atoms with Crippen molar-refractivity contribution in [3.63, 3.8) is 0 Å². The Labute approximate surface area is 189 Å². The zero-order valence-corrected chi connectivity index (χ0v) is 17.7. The standard InChI is InChI=1S/C30H24N2/c1-4-10-24(11-5-1)25-16-18-26(19-17-25)31-27-20-22-30(23-21-27)32(28-12-6-2-7-13-28)29-14-8-3-9-15-29/h1-23,31H. The first kappa shape index (κ1) is 19.7. The smallest absolute Gasteiger partial charge is 0.0463 e. The number of rotatable bonds is 6. The van der Waals surface area contributed by atoms with Crippen molar-refractivity contribution in [3.05, 3.63) is 140 Å². The molecule has 0 radical (unpaired) electrons. The van der Waals surface area contributed by atoms with Crippen molar-refractivity contribution in [2.45, 2.75) is 0 Å². The quantitative estimate of drug-likeness (QED) is 0.300. The first-order valence-electron chi connectivity index (χ1n) is 10.8. The first-order valence-corrected chi connectivity index (χ1v) is 10.8. The van der Waals surface area contributed by atoms with Crippen LogP contribution in [0.4, 0.5) is 28.4 Å². The molecule has 5 rings (SSSR count). The fourth-order valence-electron chi connectivity index (χ4n) is 3.84. The zero-order valence-electron chi connectivity index (χ0n) is 17.7. The molecule has 0 saturated heterocycles. The first-order chi connectivity index (χ1) is 15.9. The molecule has 5 aromatic rings. The van der Waals surface area contributed by atoms with E-state index in [2.05, 4.69) is 132 Å². The third-order valence-electron chi connectivity index (χ3n) is 5.43. The van der Waals surface area contributed by atoms with Crippen LogP contribution in [0.3, 0.4) is 0 Å². The van der Waals surface area contributed by atoms with Crippen LogP contribution in [-0.4, -0.2) is 0 Å². The molecule has 0 fully saturated rings. The summed E-state index contributed by atoms with van der Waals surface area (Å²) in [5, 5.41) is 3.51. The second kappa shape index (κ2) is 9.23. The number of nitrogens with one attached hydrogen (secondary N) is 1. The molecule has 0 aliphatic carbocycles. The molecule has 0 aliphatic rings. The summed E-state index contributed by atoms with van der Waals surface area (Å²) in [6.07, 6.45) is 0. The van der Waals surface area contributed by atoms with Gasteiger partial charge in [0.2, 0.25) is 0 Å². The third kappa shape index (κ3) is 4.40. The SMILES string of the molecule is c1ccc(-c2ccc(Nc3ccc(N(c4ccccc4)c4ccccc4)cc3)cc2)cc1. The highest BCUT2D eigenvalue weighted by Gasteiger charge is 2.11. The monoisotopic (exact) mass is 412 g/mol. The highest BCUT2D eigenvalue weighted by atomic mass is 15.1. The van der Waals surface area contributed by atoms with E-state index in [-0.39, 0.29) is 0 Å². The summed E-state index contributed by atoms with van der Waals surface area (Å²) in [5.41, 5.74) is 7.96. The average molecular weight is 413 g/mol. The maximum atomic E-state index is 3.51. The van der Waals surface area contributed by atoms with Crippen molar-refractivity contribution < 1.29 is 0 Å². The van der Waals surface area contributed by atoms with Crippen LogP contribution < -0.4 is 10.2 Å². The Morgan fingerprint density at radius 3 is 1.22 bits per heavy atom. The van der Waals surface area contributed by atoms with Crippen molar-refractivity contribution in [3.8, 4) is 11.1 Å². The van der Waals surface area contributed by atoms with Gasteiger partial charge in [0.05, 0.1) is 0 Å². The fourth-order valence-corrected chi connectivity index (χ4v) is 3.84. The summed E-state index contributed by atoms with van der Waals surface area (Å²) in [6.45, 7) is 0. The average Bonchev–Trinajstić information content (AvgIpc) is 2.88. The Kier molecular flexibility index (Phi) is 5.67. The minimum absolute atomic E-state index is 1.06. The molecule has 0 heterocycles. The summed E-state index contributed by atoms with van der Waals surface area (Å²) in [6, 6.07) is 48.4. The van der Waals surface area contributed by atoms with Crippen LogP contribution in [0.25, 0.3) is 11.1 Å². The minimum atomic E-state index is 1.06. The molecule has 0 spiro atoms. The zero-order chi connectivity index (χ0) is 21.6. The maximum Gasteiger partial charge on any atom is 0.0463 e. The third-order valence-corrected chi connectivity index (χ3v) is 5.43. The molecular weight excluding hydrogens is 388 g/mol. The van der Waals surface area contributed by atoms with Crippen molar-refractivity contribution in [1.82, 2.24) is 0 Å². The summed E-state index contributed by atoms with van der Waals surface area (Å²) in [4.78, 5) is 2.26. The van der Waals surface area contributed by atoms with Crippen LogP contribution in [0.1, 0.15) is 0 Å². The number of hydrogen-bond donors (Lipinski definition) is 1. The van der Waals surface area contributed by atoms with Gasteiger partial charge in [-0.1, -0.05) is 78.9 Å². The number of benzene rings is 5. The molecule has 5 aromatic carbocycles. The predicted octanol–water partition coefficient (Wildman–Crippen LogP) is 8.57. The van der Waals surface area contributed by atoms with E-state index >= 15 is 0 Å². The fraction of sp³-hybridized carbons (Fsp3) is 0. The molecule has 154 valence electrons. The molecule has 0 saturated carbocycles. The van der Waals surface area contributed by atoms with Crippen LogP contribution in [0.5, 0.6) is 0 Å². The molecule has 0 unspecified atom stereocenters. The Bertz CT molecular complexity index is 1210. The summed E-state index contributed by atoms with van der Waals surface area (Å²) in [7, 11) is 0. The predicted molar refractivity (Wildman–Crippen MR) is 136 cm³/mol. The van der Waals surface area contributed by atoms with E-state index in [9.17, 15) is 0 Å². The van der Waals surface area contributed by atoms with Crippen molar-refractivity contribution in [2.75, 3.05) is 10.2 Å². The Morgan fingerprint density at radius 1 is 0.344 bits per heavy atom. The van der Waals surface area contributed by atoms with Crippen LogP contribution in [0.2, 0.25) is 0 Å². The maximum absolute atomic E-state index is 3.51. The van der Waals surface area contributed by atoms with E-state index in [4.69, 9.17) is 0 Å². The lowest BCUT2D eigenvalue weighted by molar-refractivity contribution is 1.28. The molecule has 0 aliphatic heterocycles. The van der Waals surface area contributed by atoms with Gasteiger partial charge >= 0.3 is 0 Å². The highest BCUT2D eigenvalue weighted by Crippen LogP contribution is 2.35. The van der Waals surface area contributed by atoms with Crippen molar-refractivity contribution in [1.29, 1.82) is 0 Å². The van der Waals surface area contributed by atoms with E-state index in [1.807, 2.05) is 18.2 Å². The molecule has 32 heavy (non-hydrogen) atoms. The van der Waals surface area contributed by atoms with Gasteiger partial charge in [-0.2, -0.15) is 0 Å². The molecular formula is C30H24N2. The lowest BCUT2D eigenvalue weighted by atomic mass is 10.1. The lowest BCUT2D eigenvalue weighted by Gasteiger charge is -2.25. The van der Waals surface area contributed by atoms with Gasteiger partial charge in [0.25, 0.3) is 0 Å². The second-order valence-corrected chi connectivity index (χ2v) is 7.62. The largest absolute Gasteiger partial charge is 0.356 e. The second-order valence-electron chi connectivity index (χ2n) is 7.62. The van der Waals surface area contributed by atoms with Gasteiger partial charge in [-0.15, -0.1) is 0 Å². The Hall–Kier alpha value is -4.30. The van der Waals surface area contributed by atoms with Crippen LogP contribution in [0, 0.1) is 0 Å². The molecule has 1 N–H and O–H groups in total. The number of hydrogen-bond acceptors (Lipinski definition) is 2. The van der Waals surface area contributed by atoms with Gasteiger partial charge in [-0.05, 0) is 71.8 Å². The number of anilines is 5. The topological polar surface area (TPSA) is 15.3 Å². The van der Waals surface area contributed by atoms with E-state index in [1.54, 1.807) is 0 Å². The molecule has 0 aromatic heterocycles. The molecule has 2 nitrogen and oxygen atoms in total. The van der Waals surface area contributed by atoms with Crippen LogP contribution in [-0.2, 0) is 0 Å². The van der Waals surface area contributed by atoms with E-state index < -0.39 is 0 Å². The highest BCUT2D eigenvalue weighted by molar-refractivity contribution is 5.77.